The highest BCUT2D eigenvalue weighted by atomic mass is 32.2. The number of aryl methyl sites for hydroxylation is 1. The van der Waals surface area contributed by atoms with Crippen LogP contribution < -0.4 is 4.72 Å². The maximum Gasteiger partial charge on any atom is 0.289 e. The molecule has 0 spiro atoms. The molecule has 2 atom stereocenters. The summed E-state index contributed by atoms with van der Waals surface area (Å²) in [6.45, 7) is 4.12. The van der Waals surface area contributed by atoms with Crippen molar-refractivity contribution in [1.82, 2.24) is 9.62 Å². The molecule has 22 heavy (non-hydrogen) atoms. The van der Waals surface area contributed by atoms with Crippen molar-refractivity contribution in [3.8, 4) is 0 Å². The van der Waals surface area contributed by atoms with E-state index in [-0.39, 0.29) is 23.8 Å². The average molecular weight is 328 g/mol. The molecule has 0 saturated carbocycles. The summed E-state index contributed by atoms with van der Waals surface area (Å²) >= 11 is 0. The van der Waals surface area contributed by atoms with Crippen molar-refractivity contribution >= 4 is 15.9 Å². The highest BCUT2D eigenvalue weighted by Gasteiger charge is 2.52. The van der Waals surface area contributed by atoms with E-state index in [4.69, 9.17) is 9.15 Å². The molecule has 8 heteroatoms. The van der Waals surface area contributed by atoms with Crippen molar-refractivity contribution in [2.45, 2.75) is 6.92 Å². The number of likely N-dealkylation sites (tertiary alicyclic amines) is 1. The second kappa shape index (κ2) is 5.36. The largest absolute Gasteiger partial charge is 0.456 e. The number of hydrogen-bond donors (Lipinski definition) is 1. The summed E-state index contributed by atoms with van der Waals surface area (Å²) in [6.07, 6.45) is 1.14. The molecular weight excluding hydrogens is 308 g/mol. The highest BCUT2D eigenvalue weighted by molar-refractivity contribution is 7.88. The summed E-state index contributed by atoms with van der Waals surface area (Å²) in [4.78, 5) is 14.2. The summed E-state index contributed by atoms with van der Waals surface area (Å²) in [7, 11) is -3.27. The van der Waals surface area contributed by atoms with Gasteiger partial charge < -0.3 is 14.1 Å². The molecule has 0 radical (unpaired) electrons. The number of hydrogen-bond acceptors (Lipinski definition) is 5. The molecule has 2 saturated heterocycles. The average Bonchev–Trinajstić information content (AvgIpc) is 3.08. The number of rotatable bonds is 4. The Balaban J connectivity index is 1.74. The van der Waals surface area contributed by atoms with Crippen molar-refractivity contribution < 1.29 is 22.4 Å². The van der Waals surface area contributed by atoms with E-state index in [0.29, 0.717) is 37.8 Å². The van der Waals surface area contributed by atoms with Gasteiger partial charge in [-0.2, -0.15) is 0 Å². The number of furan rings is 1. The Morgan fingerprint density at radius 2 is 2.27 bits per heavy atom. The zero-order valence-corrected chi connectivity index (χ0v) is 13.5. The predicted molar refractivity (Wildman–Crippen MR) is 78.9 cm³/mol. The van der Waals surface area contributed by atoms with Gasteiger partial charge in [0.2, 0.25) is 10.0 Å². The highest BCUT2D eigenvalue weighted by Crippen LogP contribution is 2.41. The molecular formula is C14H20N2O5S. The van der Waals surface area contributed by atoms with Crippen LogP contribution >= 0.6 is 0 Å². The van der Waals surface area contributed by atoms with Gasteiger partial charge in [-0.15, -0.1) is 0 Å². The Bertz CT molecular complexity index is 683. The molecule has 122 valence electrons. The Morgan fingerprint density at radius 1 is 1.50 bits per heavy atom. The maximum atomic E-state index is 12.5. The van der Waals surface area contributed by atoms with Crippen molar-refractivity contribution in [2.75, 3.05) is 39.1 Å². The first kappa shape index (κ1) is 15.5. The Labute approximate surface area is 129 Å². The van der Waals surface area contributed by atoms with Crippen LogP contribution in [0.15, 0.2) is 16.5 Å². The van der Waals surface area contributed by atoms with Crippen LogP contribution in [0.1, 0.15) is 16.3 Å². The molecule has 1 N–H and O–H groups in total. The number of fused-ring (bicyclic) bond motifs is 1. The van der Waals surface area contributed by atoms with Gasteiger partial charge in [0.1, 0.15) is 5.76 Å². The van der Waals surface area contributed by atoms with E-state index in [1.165, 1.54) is 0 Å². The van der Waals surface area contributed by atoms with Gasteiger partial charge in [-0.3, -0.25) is 4.79 Å². The third kappa shape index (κ3) is 2.90. The van der Waals surface area contributed by atoms with Crippen molar-refractivity contribution in [3.63, 3.8) is 0 Å². The second-order valence-corrected chi connectivity index (χ2v) is 8.10. The van der Waals surface area contributed by atoms with E-state index in [1.807, 2.05) is 0 Å². The molecule has 2 aliphatic heterocycles. The molecule has 2 fully saturated rings. The van der Waals surface area contributed by atoms with Crippen LogP contribution in [0.5, 0.6) is 0 Å². The van der Waals surface area contributed by atoms with E-state index in [2.05, 4.69) is 4.72 Å². The number of ether oxygens (including phenoxy) is 1. The summed E-state index contributed by atoms with van der Waals surface area (Å²) in [5.74, 6) is 1.01. The lowest BCUT2D eigenvalue weighted by atomic mass is 9.81. The fourth-order valence-electron chi connectivity index (χ4n) is 3.22. The van der Waals surface area contributed by atoms with Gasteiger partial charge in [0.15, 0.2) is 5.76 Å². The molecule has 0 aromatic carbocycles. The maximum absolute atomic E-state index is 12.5. The van der Waals surface area contributed by atoms with Crippen LogP contribution in [0.2, 0.25) is 0 Å². The zero-order valence-electron chi connectivity index (χ0n) is 12.7. The fraction of sp³-hybridized carbons (Fsp3) is 0.643. The van der Waals surface area contributed by atoms with Crippen LogP contribution in [0.25, 0.3) is 0 Å². The molecule has 3 rings (SSSR count). The van der Waals surface area contributed by atoms with E-state index >= 15 is 0 Å². The van der Waals surface area contributed by atoms with Crippen LogP contribution in [0, 0.1) is 18.3 Å². The first-order valence-electron chi connectivity index (χ1n) is 7.17. The van der Waals surface area contributed by atoms with E-state index in [0.717, 1.165) is 6.26 Å². The van der Waals surface area contributed by atoms with Crippen LogP contribution in [-0.2, 0) is 14.8 Å². The lowest BCUT2D eigenvalue weighted by Gasteiger charge is -2.26. The first-order chi connectivity index (χ1) is 10.3. The lowest BCUT2D eigenvalue weighted by Crippen LogP contribution is -2.43. The zero-order chi connectivity index (χ0) is 16.0. The third-order valence-electron chi connectivity index (χ3n) is 4.45. The third-order valence-corrected chi connectivity index (χ3v) is 5.11. The van der Waals surface area contributed by atoms with Gasteiger partial charge in [-0.05, 0) is 19.1 Å². The number of carbonyl (C=O) groups is 1. The molecule has 2 aliphatic rings. The molecule has 1 aromatic rings. The molecule has 0 unspecified atom stereocenters. The summed E-state index contributed by atoms with van der Waals surface area (Å²) < 4.78 is 36.2. The fourth-order valence-corrected chi connectivity index (χ4v) is 3.77. The van der Waals surface area contributed by atoms with Crippen molar-refractivity contribution in [3.05, 3.63) is 23.7 Å². The minimum absolute atomic E-state index is 0.141. The molecule has 0 bridgehead atoms. The number of nitrogens with zero attached hydrogens (tertiary/aromatic N) is 1. The Morgan fingerprint density at radius 3 is 2.91 bits per heavy atom. The predicted octanol–water partition coefficient (Wildman–Crippen LogP) is 0.226. The van der Waals surface area contributed by atoms with E-state index in [1.54, 1.807) is 24.0 Å². The minimum Gasteiger partial charge on any atom is -0.456 e. The Hall–Kier alpha value is -1.38. The Kier molecular flexibility index (Phi) is 3.78. The quantitative estimate of drug-likeness (QED) is 0.854. The van der Waals surface area contributed by atoms with Gasteiger partial charge in [-0.1, -0.05) is 0 Å². The van der Waals surface area contributed by atoms with Gasteiger partial charge in [0.25, 0.3) is 5.91 Å². The standard InChI is InChI=1S/C14H20N2O5S/c1-10-3-4-12(21-10)13(17)16-5-11-6-20-9-14(11,8-16)7-15-22(2,18)19/h3-4,11,15H,5-9H2,1-2H3/t11-,14+/m1/s1. The summed E-state index contributed by atoms with van der Waals surface area (Å²) in [5, 5.41) is 0. The van der Waals surface area contributed by atoms with Gasteiger partial charge in [-0.25, -0.2) is 13.1 Å². The lowest BCUT2D eigenvalue weighted by molar-refractivity contribution is 0.0690. The smallest absolute Gasteiger partial charge is 0.289 e. The number of carbonyl (C=O) groups excluding carboxylic acids is 1. The molecule has 3 heterocycles. The van der Waals surface area contributed by atoms with E-state index in [9.17, 15) is 13.2 Å². The second-order valence-electron chi connectivity index (χ2n) is 6.26. The van der Waals surface area contributed by atoms with Gasteiger partial charge in [0, 0.05) is 31.0 Å². The van der Waals surface area contributed by atoms with Crippen LogP contribution in [0.4, 0.5) is 0 Å². The van der Waals surface area contributed by atoms with Crippen LogP contribution in [0.3, 0.4) is 0 Å². The molecule has 0 aliphatic carbocycles. The molecule has 1 aromatic heterocycles. The van der Waals surface area contributed by atoms with E-state index < -0.39 is 10.0 Å². The van der Waals surface area contributed by atoms with Gasteiger partial charge >= 0.3 is 0 Å². The number of amides is 1. The molecule has 7 nitrogen and oxygen atoms in total. The van der Waals surface area contributed by atoms with Crippen LogP contribution in [-0.4, -0.2) is 58.3 Å². The monoisotopic (exact) mass is 328 g/mol. The summed E-state index contributed by atoms with van der Waals surface area (Å²) in [6, 6.07) is 3.43. The normalized spacial score (nSPS) is 28.1. The summed E-state index contributed by atoms with van der Waals surface area (Å²) in [5.41, 5.74) is -0.347. The first-order valence-corrected chi connectivity index (χ1v) is 9.06. The number of sulfonamides is 1. The van der Waals surface area contributed by atoms with Crippen molar-refractivity contribution in [1.29, 1.82) is 0 Å². The topological polar surface area (TPSA) is 88.9 Å². The van der Waals surface area contributed by atoms with Gasteiger partial charge in [0.05, 0.1) is 19.5 Å². The minimum atomic E-state index is -3.27. The number of nitrogens with one attached hydrogen (secondary N) is 1. The van der Waals surface area contributed by atoms with Crippen molar-refractivity contribution in [2.24, 2.45) is 11.3 Å². The SMILES string of the molecule is Cc1ccc(C(=O)N2C[C@@H]3COC[C@]3(CNS(C)(=O)=O)C2)o1. The molecule has 1 amide bonds.